The Morgan fingerprint density at radius 1 is 0.867 bits per heavy atom. The van der Waals surface area contributed by atoms with Gasteiger partial charge in [-0.15, -0.1) is 0 Å². The summed E-state index contributed by atoms with van der Waals surface area (Å²) in [4.78, 5) is 0.220. The highest BCUT2D eigenvalue weighted by Crippen LogP contribution is 2.29. The number of benzene rings is 3. The van der Waals surface area contributed by atoms with Gasteiger partial charge in [0.1, 0.15) is 18.1 Å². The maximum absolute atomic E-state index is 13.4. The fraction of sp³-hybridized carbons (Fsp3) is 0.250. The van der Waals surface area contributed by atoms with Crippen molar-refractivity contribution in [3.63, 3.8) is 0 Å². The van der Waals surface area contributed by atoms with E-state index in [1.54, 1.807) is 55.6 Å². The van der Waals surface area contributed by atoms with Crippen molar-refractivity contribution in [2.45, 2.75) is 25.3 Å². The first-order valence-electron chi connectivity index (χ1n) is 9.83. The van der Waals surface area contributed by atoms with Crippen LogP contribution in [0.3, 0.4) is 0 Å². The lowest BCUT2D eigenvalue weighted by atomic mass is 10.2. The van der Waals surface area contributed by atoms with Crippen molar-refractivity contribution in [2.75, 3.05) is 18.0 Å². The first-order chi connectivity index (χ1) is 14.4. The lowest BCUT2D eigenvalue weighted by molar-refractivity contribution is 0.306. The standard InChI is InChI=1S/C24H27NO4S/c1-19(2)17-25(21-10-7-11-23(16-21)28-3)30(26,27)24-14-12-22(13-15-24)29-18-20-8-5-4-6-9-20/h4-16,19H,17-18H2,1-3H3. The van der Waals surface area contributed by atoms with Crippen LogP contribution in [0.15, 0.2) is 83.8 Å². The van der Waals surface area contributed by atoms with E-state index >= 15 is 0 Å². The fourth-order valence-corrected chi connectivity index (χ4v) is 4.64. The van der Waals surface area contributed by atoms with Gasteiger partial charge >= 0.3 is 0 Å². The predicted molar refractivity (Wildman–Crippen MR) is 120 cm³/mol. The van der Waals surface area contributed by atoms with E-state index in [2.05, 4.69) is 0 Å². The summed E-state index contributed by atoms with van der Waals surface area (Å²) in [5.41, 5.74) is 1.63. The third kappa shape index (κ3) is 5.33. The van der Waals surface area contributed by atoms with E-state index in [4.69, 9.17) is 9.47 Å². The van der Waals surface area contributed by atoms with Gasteiger partial charge in [0.2, 0.25) is 0 Å². The molecule has 0 fully saturated rings. The molecule has 0 spiro atoms. The zero-order chi connectivity index (χ0) is 21.6. The third-order valence-electron chi connectivity index (χ3n) is 4.53. The molecule has 0 N–H and O–H groups in total. The van der Waals surface area contributed by atoms with Gasteiger partial charge in [-0.2, -0.15) is 0 Å². The summed E-state index contributed by atoms with van der Waals surface area (Å²) in [6.45, 7) is 4.77. The molecule has 0 aliphatic rings. The lowest BCUT2D eigenvalue weighted by Crippen LogP contribution is -2.34. The number of anilines is 1. The van der Waals surface area contributed by atoms with Crippen LogP contribution in [0.25, 0.3) is 0 Å². The summed E-state index contributed by atoms with van der Waals surface area (Å²) < 4.78 is 39.3. The number of ether oxygens (including phenoxy) is 2. The van der Waals surface area contributed by atoms with Crippen molar-refractivity contribution in [1.82, 2.24) is 0 Å². The summed E-state index contributed by atoms with van der Waals surface area (Å²) in [6.07, 6.45) is 0. The number of nitrogens with zero attached hydrogens (tertiary/aromatic N) is 1. The van der Waals surface area contributed by atoms with Crippen molar-refractivity contribution in [1.29, 1.82) is 0 Å². The second-order valence-corrected chi connectivity index (χ2v) is 9.24. The van der Waals surface area contributed by atoms with Gasteiger partial charge in [-0.1, -0.05) is 50.2 Å². The van der Waals surface area contributed by atoms with Crippen LogP contribution in [0.2, 0.25) is 0 Å². The first kappa shape index (κ1) is 21.7. The molecule has 0 unspecified atom stereocenters. The Balaban J connectivity index is 1.83. The van der Waals surface area contributed by atoms with Gasteiger partial charge in [0.25, 0.3) is 10.0 Å². The molecule has 0 aliphatic heterocycles. The maximum Gasteiger partial charge on any atom is 0.264 e. The zero-order valence-corrected chi connectivity index (χ0v) is 18.3. The SMILES string of the molecule is COc1cccc(N(CC(C)C)S(=O)(=O)c2ccc(OCc3ccccc3)cc2)c1. The van der Waals surface area contributed by atoms with Gasteiger partial charge in [0.15, 0.2) is 0 Å². The van der Waals surface area contributed by atoms with Gasteiger partial charge in [-0.05, 0) is 47.9 Å². The molecule has 0 bridgehead atoms. The van der Waals surface area contributed by atoms with E-state index in [0.717, 1.165) is 5.56 Å². The van der Waals surface area contributed by atoms with Crippen molar-refractivity contribution >= 4 is 15.7 Å². The van der Waals surface area contributed by atoms with E-state index in [9.17, 15) is 8.42 Å². The number of sulfonamides is 1. The van der Waals surface area contributed by atoms with Gasteiger partial charge in [-0.25, -0.2) is 8.42 Å². The summed E-state index contributed by atoms with van der Waals surface area (Å²) in [7, 11) is -2.17. The average molecular weight is 426 g/mol. The Morgan fingerprint density at radius 2 is 1.57 bits per heavy atom. The monoisotopic (exact) mass is 425 g/mol. The minimum Gasteiger partial charge on any atom is -0.497 e. The molecule has 0 saturated heterocycles. The molecular weight excluding hydrogens is 398 g/mol. The Morgan fingerprint density at radius 3 is 2.20 bits per heavy atom. The third-order valence-corrected chi connectivity index (χ3v) is 6.34. The molecule has 5 nitrogen and oxygen atoms in total. The Bertz CT molecular complexity index is 1050. The minimum atomic E-state index is -3.74. The fourth-order valence-electron chi connectivity index (χ4n) is 3.02. The quantitative estimate of drug-likeness (QED) is 0.477. The molecule has 0 aliphatic carbocycles. The second kappa shape index (κ2) is 9.67. The molecule has 0 saturated carbocycles. The van der Waals surface area contributed by atoms with Crippen LogP contribution in [0.1, 0.15) is 19.4 Å². The molecule has 0 amide bonds. The predicted octanol–water partition coefficient (Wildman–Crippen LogP) is 5.13. The molecule has 3 rings (SSSR count). The number of hydrogen-bond donors (Lipinski definition) is 0. The summed E-state index contributed by atoms with van der Waals surface area (Å²) in [5.74, 6) is 1.38. The van der Waals surface area contributed by atoms with Gasteiger partial charge in [-0.3, -0.25) is 4.31 Å². The number of methoxy groups -OCH3 is 1. The number of hydrogen-bond acceptors (Lipinski definition) is 4. The van der Waals surface area contributed by atoms with Crippen LogP contribution in [0, 0.1) is 5.92 Å². The van der Waals surface area contributed by atoms with Crippen molar-refractivity contribution in [3.8, 4) is 11.5 Å². The molecule has 0 heterocycles. The maximum atomic E-state index is 13.4. The number of rotatable bonds is 9. The van der Waals surface area contributed by atoms with Crippen molar-refractivity contribution in [2.24, 2.45) is 5.92 Å². The molecule has 3 aromatic rings. The van der Waals surface area contributed by atoms with E-state index in [1.165, 1.54) is 4.31 Å². The molecule has 0 radical (unpaired) electrons. The van der Waals surface area contributed by atoms with E-state index in [-0.39, 0.29) is 10.8 Å². The zero-order valence-electron chi connectivity index (χ0n) is 17.5. The molecule has 0 atom stereocenters. The molecule has 0 aromatic heterocycles. The van der Waals surface area contributed by atoms with Crippen LogP contribution in [-0.4, -0.2) is 22.1 Å². The van der Waals surface area contributed by atoms with Crippen LogP contribution in [0.5, 0.6) is 11.5 Å². The smallest absolute Gasteiger partial charge is 0.264 e. The topological polar surface area (TPSA) is 55.8 Å². The van der Waals surface area contributed by atoms with Crippen LogP contribution >= 0.6 is 0 Å². The van der Waals surface area contributed by atoms with E-state index in [1.807, 2.05) is 44.2 Å². The lowest BCUT2D eigenvalue weighted by Gasteiger charge is -2.26. The van der Waals surface area contributed by atoms with Gasteiger partial charge in [0.05, 0.1) is 17.7 Å². The van der Waals surface area contributed by atoms with Crippen LogP contribution in [-0.2, 0) is 16.6 Å². The molecule has 30 heavy (non-hydrogen) atoms. The normalized spacial score (nSPS) is 11.3. The highest BCUT2D eigenvalue weighted by molar-refractivity contribution is 7.92. The first-order valence-corrected chi connectivity index (χ1v) is 11.3. The van der Waals surface area contributed by atoms with E-state index < -0.39 is 10.0 Å². The van der Waals surface area contributed by atoms with Gasteiger partial charge < -0.3 is 9.47 Å². The molecule has 158 valence electrons. The Hall–Kier alpha value is -2.99. The Kier molecular flexibility index (Phi) is 7.00. The summed E-state index contributed by atoms with van der Waals surface area (Å²) in [6, 6.07) is 23.5. The summed E-state index contributed by atoms with van der Waals surface area (Å²) >= 11 is 0. The molecule has 3 aromatic carbocycles. The Labute approximate surface area is 178 Å². The second-order valence-electron chi connectivity index (χ2n) is 7.38. The van der Waals surface area contributed by atoms with Crippen LogP contribution in [0.4, 0.5) is 5.69 Å². The van der Waals surface area contributed by atoms with Crippen LogP contribution < -0.4 is 13.8 Å². The van der Waals surface area contributed by atoms with Crippen molar-refractivity contribution < 1.29 is 17.9 Å². The highest BCUT2D eigenvalue weighted by atomic mass is 32.2. The summed E-state index contributed by atoms with van der Waals surface area (Å²) in [5, 5.41) is 0. The van der Waals surface area contributed by atoms with E-state index in [0.29, 0.717) is 30.3 Å². The van der Waals surface area contributed by atoms with Crippen molar-refractivity contribution in [3.05, 3.63) is 84.4 Å². The highest BCUT2D eigenvalue weighted by Gasteiger charge is 2.26. The van der Waals surface area contributed by atoms with Gasteiger partial charge in [0, 0.05) is 12.6 Å². The average Bonchev–Trinajstić information content (AvgIpc) is 2.77. The molecular formula is C24H27NO4S. The minimum absolute atomic E-state index is 0.152. The largest absolute Gasteiger partial charge is 0.497 e. The molecule has 6 heteroatoms.